The van der Waals surface area contributed by atoms with E-state index in [1.807, 2.05) is 0 Å². The van der Waals surface area contributed by atoms with Crippen molar-refractivity contribution in [2.24, 2.45) is 0 Å². The van der Waals surface area contributed by atoms with E-state index in [1.54, 1.807) is 0 Å². The predicted molar refractivity (Wildman–Crippen MR) is 103 cm³/mol. The van der Waals surface area contributed by atoms with Gasteiger partial charge in [0, 0.05) is 21.4 Å². The minimum atomic E-state index is -6.03. The van der Waals surface area contributed by atoms with Crippen molar-refractivity contribution in [3.8, 4) is 0 Å². The Balaban J connectivity index is -0.000000444. The summed E-state index contributed by atoms with van der Waals surface area (Å²) in [5.74, 6) is 0. The van der Waals surface area contributed by atoms with Crippen LogP contribution < -0.4 is 0 Å². The Labute approximate surface area is 226 Å². The van der Waals surface area contributed by atoms with Crippen molar-refractivity contribution in [2.45, 2.75) is 81.7 Å². The summed E-state index contributed by atoms with van der Waals surface area (Å²) in [6, 6.07) is 0. The van der Waals surface area contributed by atoms with Crippen LogP contribution in [0.25, 0.3) is 0 Å². The van der Waals surface area contributed by atoms with E-state index in [1.165, 1.54) is 75.6 Å². The molecule has 35 heavy (non-hydrogen) atoms. The molecule has 1 fully saturated rings. The number of quaternary nitrogens is 1. The van der Waals surface area contributed by atoms with Crippen molar-refractivity contribution in [3.05, 3.63) is 0 Å². The van der Waals surface area contributed by atoms with Gasteiger partial charge in [0.25, 0.3) is 0 Å². The van der Waals surface area contributed by atoms with Crippen LogP contribution in [0.15, 0.2) is 0 Å². The zero-order valence-corrected chi connectivity index (χ0v) is 23.5. The van der Waals surface area contributed by atoms with Gasteiger partial charge >= 0.3 is 55.6 Å². The van der Waals surface area contributed by atoms with Crippen molar-refractivity contribution in [1.29, 1.82) is 0 Å². The van der Waals surface area contributed by atoms with E-state index in [9.17, 15) is 60.7 Å². The van der Waals surface area contributed by atoms with Gasteiger partial charge in [-0.3, -0.25) is 0 Å². The van der Waals surface area contributed by atoms with Gasteiger partial charge in [0.2, 0.25) is 0 Å². The third kappa shape index (κ3) is 14.1. The molecule has 0 saturated carbocycles. The number of likely N-dealkylation sites (tertiary alicyclic amines) is 1. The van der Waals surface area contributed by atoms with Gasteiger partial charge in [-0.05, 0) is 39.0 Å². The molecule has 0 bridgehead atoms. The topological polar surface area (TPSA) is 68.3 Å². The quantitative estimate of drug-likeness (QED) is 0.130. The van der Waals surface area contributed by atoms with Crippen molar-refractivity contribution >= 4 is 21.4 Å². The number of halogens is 10. The molecule has 0 aliphatic carbocycles. The molecule has 1 aliphatic heterocycles. The summed E-state index contributed by atoms with van der Waals surface area (Å²) in [4.78, 5) is 0. The molecule has 1 saturated heterocycles. The maximum atomic E-state index is 11.3. The molecule has 5 nitrogen and oxygen atoms in total. The summed E-state index contributed by atoms with van der Waals surface area (Å²) in [5.41, 5.74) is 0. The van der Waals surface area contributed by atoms with Crippen LogP contribution in [-0.2, 0) is 71.0 Å². The average Bonchev–Trinajstić information content (AvgIpc) is 2.71. The summed E-state index contributed by atoms with van der Waals surface area (Å²) < 4.78 is 149. The number of nitrogens with zero attached hydrogens (tertiary/aromatic N) is 1. The molecule has 0 aromatic heterocycles. The van der Waals surface area contributed by atoms with Gasteiger partial charge < -0.3 is 21.3 Å². The molecule has 0 N–H and O–H groups in total. The summed E-state index contributed by atoms with van der Waals surface area (Å²) in [6.45, 7) is 10.4. The summed E-state index contributed by atoms with van der Waals surface area (Å²) >= 11 is 0. The van der Waals surface area contributed by atoms with Gasteiger partial charge in [0.15, 0.2) is 0 Å². The molecular formula is C17H28F10NO4S2Y+2. The first-order valence-electron chi connectivity index (χ1n) is 10.1. The first kappa shape index (κ1) is 39.8. The van der Waals surface area contributed by atoms with E-state index in [2.05, 4.69) is 13.8 Å². The van der Waals surface area contributed by atoms with E-state index in [4.69, 9.17) is 0 Å². The monoisotopic (exact) mass is 653 g/mol. The molecule has 18 heteroatoms. The number of unbranched alkanes of at least 4 members (excludes halogenated alkanes) is 3. The average molecular weight is 653 g/mol. The Morgan fingerprint density at radius 1 is 0.629 bits per heavy atom. The first-order chi connectivity index (χ1) is 15.2. The second-order valence-corrected chi connectivity index (χ2v) is 9.41. The van der Waals surface area contributed by atoms with E-state index >= 15 is 0 Å². The van der Waals surface area contributed by atoms with Crippen LogP contribution >= 0.6 is 0 Å². The SMILES string of the molecule is CCCCCC[N+]1(CC)CCCCC1.O=[S-](=O)C(F)(F)C(F)(F)F.O=[S-](=O)C(F)(F)C(F)(F)F.[Y+3]. The minimum absolute atomic E-state index is 0. The van der Waals surface area contributed by atoms with Crippen LogP contribution in [0.5, 0.6) is 0 Å². The normalized spacial score (nSPS) is 16.5. The van der Waals surface area contributed by atoms with E-state index in [0.29, 0.717) is 0 Å². The molecule has 0 aromatic rings. The summed E-state index contributed by atoms with van der Waals surface area (Å²) in [7, 11) is -8.91. The Bertz CT molecular complexity index is 675. The molecule has 0 radical (unpaired) electrons. The molecule has 1 aliphatic rings. The molecule has 1 rings (SSSR count). The van der Waals surface area contributed by atoms with Crippen molar-refractivity contribution < 1.29 is 97.9 Å². The predicted octanol–water partition coefficient (Wildman–Crippen LogP) is 6.49. The van der Waals surface area contributed by atoms with E-state index < -0.39 is 44.3 Å². The molecule has 0 aromatic carbocycles. The van der Waals surface area contributed by atoms with Crippen LogP contribution in [0.2, 0.25) is 0 Å². The summed E-state index contributed by atoms with van der Waals surface area (Å²) in [6.07, 6.45) is -1.91. The second kappa shape index (κ2) is 17.0. The zero-order valence-electron chi connectivity index (χ0n) is 19.0. The Kier molecular flexibility index (Phi) is 19.3. The fourth-order valence-electron chi connectivity index (χ4n) is 2.94. The van der Waals surface area contributed by atoms with E-state index in [0.717, 1.165) is 0 Å². The third-order valence-corrected chi connectivity index (χ3v) is 6.30. The minimum Gasteiger partial charge on any atom is -0.418 e. The zero-order chi connectivity index (χ0) is 27.4. The van der Waals surface area contributed by atoms with Gasteiger partial charge in [-0.25, -0.2) is 17.6 Å². The number of hydrogen-bond donors (Lipinski definition) is 0. The molecule has 0 unspecified atom stereocenters. The molecule has 208 valence electrons. The molecule has 0 spiro atoms. The number of piperidine rings is 1. The second-order valence-electron chi connectivity index (χ2n) is 7.45. The molecule has 1 heterocycles. The van der Waals surface area contributed by atoms with Gasteiger partial charge in [-0.1, -0.05) is 19.8 Å². The van der Waals surface area contributed by atoms with Gasteiger partial charge in [0.1, 0.15) is 0 Å². The van der Waals surface area contributed by atoms with Gasteiger partial charge in [-0.2, -0.15) is 26.3 Å². The van der Waals surface area contributed by atoms with Crippen molar-refractivity contribution in [3.63, 3.8) is 0 Å². The largest absolute Gasteiger partial charge is 3.00 e. The maximum Gasteiger partial charge on any atom is 3.00 e. The van der Waals surface area contributed by atoms with Crippen molar-refractivity contribution in [1.82, 2.24) is 0 Å². The number of rotatable bonds is 8. The Morgan fingerprint density at radius 2 is 1.00 bits per heavy atom. The third-order valence-electron chi connectivity index (χ3n) is 5.00. The molecule has 0 amide bonds. The fourth-order valence-corrected chi connectivity index (χ4v) is 3.32. The van der Waals surface area contributed by atoms with Crippen LogP contribution in [0, 0.1) is 0 Å². The first-order valence-corrected chi connectivity index (χ1v) is 12.3. The van der Waals surface area contributed by atoms with Crippen molar-refractivity contribution in [2.75, 3.05) is 26.2 Å². The molecular weight excluding hydrogens is 625 g/mol. The van der Waals surface area contributed by atoms with Crippen LogP contribution in [0.4, 0.5) is 43.9 Å². The molecule has 0 atom stereocenters. The van der Waals surface area contributed by atoms with Crippen LogP contribution in [-0.4, -0.2) is 53.5 Å². The standard InChI is InChI=1S/C13H28N.2C2F5O2S.Y/c1-3-5-6-8-11-14(4-2)12-9-7-10-13-14;2*3-1(4,5)2(6,7)10(8)9;/h3-13H2,1-2H3;;;/q+1;2*-1;+3. The maximum absolute atomic E-state index is 11.3. The Hall–Kier alpha value is 0.264. The fraction of sp³-hybridized carbons (Fsp3) is 1.00. The summed E-state index contributed by atoms with van der Waals surface area (Å²) in [5, 5.41) is -11.3. The number of alkyl halides is 10. The van der Waals surface area contributed by atoms with Crippen LogP contribution in [0.1, 0.15) is 58.8 Å². The van der Waals surface area contributed by atoms with Gasteiger partial charge in [-0.15, -0.1) is 0 Å². The van der Waals surface area contributed by atoms with E-state index in [-0.39, 0.29) is 32.7 Å². The van der Waals surface area contributed by atoms with Gasteiger partial charge in [0.05, 0.1) is 26.2 Å². The smallest absolute Gasteiger partial charge is 0.418 e. The van der Waals surface area contributed by atoms with Crippen LogP contribution in [0.3, 0.4) is 0 Å². The Morgan fingerprint density at radius 3 is 1.23 bits per heavy atom. The number of hydrogen-bond acceptors (Lipinski definition) is 6.